The van der Waals surface area contributed by atoms with Crippen LogP contribution in [0.1, 0.15) is 39.6 Å². The smallest absolute Gasteiger partial charge is 0.225 e. The highest BCUT2D eigenvalue weighted by Gasteiger charge is 2.25. The average Bonchev–Trinajstić information content (AvgIpc) is 2.77. The molecule has 1 aromatic carbocycles. The molecule has 0 spiro atoms. The number of aromatic nitrogens is 2. The Hall–Kier alpha value is -2.10. The molecule has 0 bridgehead atoms. The minimum absolute atomic E-state index is 0.0206. The molecule has 112 valence electrons. The zero-order valence-electron chi connectivity index (χ0n) is 13.2. The van der Waals surface area contributed by atoms with Crippen molar-refractivity contribution < 1.29 is 4.79 Å². The van der Waals surface area contributed by atoms with Crippen LogP contribution in [-0.4, -0.2) is 15.5 Å². The molecule has 1 heterocycles. The Morgan fingerprint density at radius 2 is 2.10 bits per heavy atom. The summed E-state index contributed by atoms with van der Waals surface area (Å²) in [6.07, 6.45) is 1.84. The summed E-state index contributed by atoms with van der Waals surface area (Å²) >= 11 is 0. The third-order valence-electron chi connectivity index (χ3n) is 3.41. The molecule has 0 saturated carbocycles. The first-order chi connectivity index (χ1) is 9.84. The van der Waals surface area contributed by atoms with Gasteiger partial charge in [-0.1, -0.05) is 39.0 Å². The third kappa shape index (κ3) is 3.15. The van der Waals surface area contributed by atoms with E-state index in [9.17, 15) is 4.79 Å². The zero-order chi connectivity index (χ0) is 15.6. The molecule has 21 heavy (non-hydrogen) atoms. The Kier molecular flexibility index (Phi) is 4.16. The predicted octanol–water partition coefficient (Wildman–Crippen LogP) is 3.45. The molecule has 1 aromatic heterocycles. The van der Waals surface area contributed by atoms with Crippen LogP contribution in [0.15, 0.2) is 36.9 Å². The lowest BCUT2D eigenvalue weighted by atomic mass is 9.95. The molecule has 1 amide bonds. The second-order valence-electron chi connectivity index (χ2n) is 6.30. The van der Waals surface area contributed by atoms with E-state index in [0.717, 1.165) is 16.9 Å². The van der Waals surface area contributed by atoms with Gasteiger partial charge in [0.05, 0.1) is 17.1 Å². The van der Waals surface area contributed by atoms with Gasteiger partial charge in [-0.2, -0.15) is 0 Å². The molecule has 2 aromatic rings. The highest BCUT2D eigenvalue weighted by molar-refractivity contribution is 5.82. The number of hydrogen-bond acceptors (Lipinski definition) is 2. The van der Waals surface area contributed by atoms with Crippen LogP contribution in [0.4, 0.5) is 0 Å². The van der Waals surface area contributed by atoms with Crippen LogP contribution >= 0.6 is 0 Å². The van der Waals surface area contributed by atoms with Gasteiger partial charge in [0, 0.05) is 12.0 Å². The summed E-state index contributed by atoms with van der Waals surface area (Å²) in [4.78, 5) is 16.8. The van der Waals surface area contributed by atoms with Crippen molar-refractivity contribution >= 4 is 16.9 Å². The van der Waals surface area contributed by atoms with Crippen molar-refractivity contribution in [1.82, 2.24) is 14.9 Å². The Bertz CT molecular complexity index is 664. The molecular formula is C17H23N3O. The molecule has 0 fully saturated rings. The molecule has 0 unspecified atom stereocenters. The van der Waals surface area contributed by atoms with E-state index in [0.29, 0.717) is 6.54 Å². The third-order valence-corrected chi connectivity index (χ3v) is 3.41. The van der Waals surface area contributed by atoms with Gasteiger partial charge in [0.25, 0.3) is 0 Å². The maximum atomic E-state index is 12.2. The van der Waals surface area contributed by atoms with Gasteiger partial charge in [-0.3, -0.25) is 4.79 Å². The molecule has 1 N–H and O–H groups in total. The Balaban J connectivity index is 2.38. The molecule has 4 heteroatoms. The van der Waals surface area contributed by atoms with E-state index in [1.807, 2.05) is 58.0 Å². The van der Waals surface area contributed by atoms with Crippen LogP contribution in [0.2, 0.25) is 0 Å². The van der Waals surface area contributed by atoms with E-state index in [4.69, 9.17) is 0 Å². The first-order valence-electron chi connectivity index (χ1n) is 7.21. The number of carbonyl (C=O) groups is 1. The van der Waals surface area contributed by atoms with Crippen molar-refractivity contribution in [2.75, 3.05) is 0 Å². The van der Waals surface area contributed by atoms with E-state index >= 15 is 0 Å². The number of hydrogen-bond donors (Lipinski definition) is 1. The average molecular weight is 285 g/mol. The number of benzene rings is 1. The minimum atomic E-state index is -0.413. The number of rotatable bonds is 4. The van der Waals surface area contributed by atoms with Crippen molar-refractivity contribution in [3.8, 4) is 0 Å². The number of para-hydroxylation sites is 2. The summed E-state index contributed by atoms with van der Waals surface area (Å²) in [7, 11) is 0. The van der Waals surface area contributed by atoms with E-state index in [1.165, 1.54) is 0 Å². The van der Waals surface area contributed by atoms with Gasteiger partial charge >= 0.3 is 0 Å². The van der Waals surface area contributed by atoms with Crippen LogP contribution in [0.25, 0.3) is 11.0 Å². The highest BCUT2D eigenvalue weighted by atomic mass is 16.2. The van der Waals surface area contributed by atoms with Crippen LogP contribution in [0.3, 0.4) is 0 Å². The Morgan fingerprint density at radius 3 is 2.71 bits per heavy atom. The van der Waals surface area contributed by atoms with Gasteiger partial charge in [0.15, 0.2) is 0 Å². The van der Waals surface area contributed by atoms with E-state index in [1.54, 1.807) is 0 Å². The van der Waals surface area contributed by atoms with Crippen LogP contribution in [0.5, 0.6) is 0 Å². The summed E-state index contributed by atoms with van der Waals surface area (Å²) in [5.74, 6) is 0.876. The molecule has 0 radical (unpaired) electrons. The SMILES string of the molecule is C=CCn1c([C@H](C)NC(=O)C(C)(C)C)nc2ccccc21. The molecule has 0 aliphatic heterocycles. The normalized spacial score (nSPS) is 13.1. The van der Waals surface area contributed by atoms with E-state index in [-0.39, 0.29) is 11.9 Å². The number of allylic oxidation sites excluding steroid dienone is 1. The number of amides is 1. The lowest BCUT2D eigenvalue weighted by Gasteiger charge is -2.22. The largest absolute Gasteiger partial charge is 0.346 e. The minimum Gasteiger partial charge on any atom is -0.346 e. The molecule has 4 nitrogen and oxygen atoms in total. The molecule has 0 saturated heterocycles. The molecule has 0 aliphatic carbocycles. The van der Waals surface area contributed by atoms with Crippen molar-refractivity contribution in [2.24, 2.45) is 5.41 Å². The van der Waals surface area contributed by atoms with E-state index < -0.39 is 5.41 Å². The fourth-order valence-electron chi connectivity index (χ4n) is 2.22. The fourth-order valence-corrected chi connectivity index (χ4v) is 2.22. The predicted molar refractivity (Wildman–Crippen MR) is 85.9 cm³/mol. The first kappa shape index (κ1) is 15.3. The van der Waals surface area contributed by atoms with Crippen molar-refractivity contribution in [3.63, 3.8) is 0 Å². The number of imidazole rings is 1. The van der Waals surface area contributed by atoms with Gasteiger partial charge in [-0.25, -0.2) is 4.98 Å². The Labute approximate surface area is 125 Å². The second kappa shape index (κ2) is 5.72. The van der Waals surface area contributed by atoms with Crippen LogP contribution in [-0.2, 0) is 11.3 Å². The summed E-state index contributed by atoms with van der Waals surface area (Å²) < 4.78 is 2.09. The molecule has 1 atom stereocenters. The topological polar surface area (TPSA) is 46.9 Å². The number of carbonyl (C=O) groups excluding carboxylic acids is 1. The van der Waals surface area contributed by atoms with Crippen molar-refractivity contribution in [2.45, 2.75) is 40.3 Å². The lowest BCUT2D eigenvalue weighted by molar-refractivity contribution is -0.129. The summed E-state index contributed by atoms with van der Waals surface area (Å²) in [6, 6.07) is 7.83. The van der Waals surface area contributed by atoms with Crippen molar-refractivity contribution in [3.05, 3.63) is 42.7 Å². The maximum absolute atomic E-state index is 12.2. The maximum Gasteiger partial charge on any atom is 0.225 e. The molecular weight excluding hydrogens is 262 g/mol. The monoisotopic (exact) mass is 285 g/mol. The number of nitrogens with one attached hydrogen (secondary N) is 1. The summed E-state index contributed by atoms with van der Waals surface area (Å²) in [5.41, 5.74) is 1.58. The van der Waals surface area contributed by atoms with Gasteiger partial charge in [0.1, 0.15) is 5.82 Å². The van der Waals surface area contributed by atoms with Gasteiger partial charge in [0.2, 0.25) is 5.91 Å². The van der Waals surface area contributed by atoms with Gasteiger partial charge in [-0.05, 0) is 19.1 Å². The fraction of sp³-hybridized carbons (Fsp3) is 0.412. The summed E-state index contributed by atoms with van der Waals surface area (Å²) in [6.45, 7) is 12.2. The van der Waals surface area contributed by atoms with Gasteiger partial charge in [-0.15, -0.1) is 6.58 Å². The van der Waals surface area contributed by atoms with Crippen LogP contribution < -0.4 is 5.32 Å². The molecule has 2 rings (SSSR count). The number of nitrogens with zero attached hydrogens (tertiary/aromatic N) is 2. The second-order valence-corrected chi connectivity index (χ2v) is 6.30. The lowest BCUT2D eigenvalue weighted by Crippen LogP contribution is -2.37. The zero-order valence-corrected chi connectivity index (χ0v) is 13.2. The summed E-state index contributed by atoms with van der Waals surface area (Å²) in [5, 5.41) is 3.04. The van der Waals surface area contributed by atoms with Crippen LogP contribution in [0, 0.1) is 5.41 Å². The Morgan fingerprint density at radius 1 is 1.43 bits per heavy atom. The molecule has 0 aliphatic rings. The standard InChI is InChI=1S/C17H23N3O/c1-6-11-20-14-10-8-7-9-13(14)19-15(20)12(2)18-16(21)17(3,4)5/h6-10,12H,1,11H2,2-5H3,(H,18,21)/t12-/m0/s1. The highest BCUT2D eigenvalue weighted by Crippen LogP contribution is 2.22. The first-order valence-corrected chi connectivity index (χ1v) is 7.21. The van der Waals surface area contributed by atoms with Crippen molar-refractivity contribution in [1.29, 1.82) is 0 Å². The van der Waals surface area contributed by atoms with Gasteiger partial charge < -0.3 is 9.88 Å². The number of fused-ring (bicyclic) bond motifs is 1. The quantitative estimate of drug-likeness (QED) is 0.875. The van der Waals surface area contributed by atoms with E-state index in [2.05, 4.69) is 21.4 Å².